The zero-order valence-corrected chi connectivity index (χ0v) is 11.4. The minimum Gasteiger partial charge on any atom is -0.452 e. The van der Waals surface area contributed by atoms with Crippen molar-refractivity contribution in [2.24, 2.45) is 5.73 Å². The van der Waals surface area contributed by atoms with Gasteiger partial charge in [-0.2, -0.15) is 13.2 Å². The van der Waals surface area contributed by atoms with E-state index in [0.717, 1.165) is 18.2 Å². The first kappa shape index (κ1) is 17.5. The summed E-state index contributed by atoms with van der Waals surface area (Å²) in [5.74, 6) is -1.84. The van der Waals surface area contributed by atoms with Crippen molar-refractivity contribution in [3.8, 4) is 0 Å². The maximum atomic E-state index is 12.5. The highest BCUT2D eigenvalue weighted by Crippen LogP contribution is 2.29. The van der Waals surface area contributed by atoms with Crippen molar-refractivity contribution in [1.82, 2.24) is 5.32 Å². The number of esters is 1. The van der Waals surface area contributed by atoms with Gasteiger partial charge >= 0.3 is 18.2 Å². The molecule has 1 unspecified atom stereocenters. The molecule has 6 nitrogen and oxygen atoms in total. The number of urea groups is 1. The number of nitrogens with two attached hydrogens (primary N) is 1. The van der Waals surface area contributed by atoms with Gasteiger partial charge in [-0.15, -0.1) is 0 Å². The first-order chi connectivity index (χ1) is 10.1. The third-order valence-corrected chi connectivity index (χ3v) is 2.53. The fourth-order valence-electron chi connectivity index (χ4n) is 1.54. The summed E-state index contributed by atoms with van der Waals surface area (Å²) in [5.41, 5.74) is 3.92. The van der Waals surface area contributed by atoms with Gasteiger partial charge in [0.1, 0.15) is 0 Å². The van der Waals surface area contributed by atoms with Crippen LogP contribution >= 0.6 is 0 Å². The molecule has 1 aromatic rings. The molecule has 0 aromatic heterocycles. The van der Waals surface area contributed by atoms with Gasteiger partial charge < -0.3 is 10.5 Å². The summed E-state index contributed by atoms with van der Waals surface area (Å²) in [5, 5.41) is 1.71. The number of halogens is 3. The van der Waals surface area contributed by atoms with Crippen molar-refractivity contribution >= 4 is 17.9 Å². The number of rotatable bonds is 4. The minimum absolute atomic E-state index is 0.0855. The number of hydrogen-bond donors (Lipinski definition) is 2. The molecule has 1 aromatic carbocycles. The number of carbonyl (C=O) groups excluding carboxylic acids is 3. The molecule has 0 saturated heterocycles. The number of carbonyl (C=O) groups is 3. The SMILES string of the molecule is CC(OC(=O)Cc1cccc(C(F)(F)F)c1)C(=O)NC(N)=O. The standard InChI is InChI=1S/C13H13F3N2O4/c1-7(11(20)18-12(17)21)22-10(19)6-8-3-2-4-9(5-8)13(14,15)16/h2-5,7H,6H2,1H3,(H3,17,18,20,21). The lowest BCUT2D eigenvalue weighted by atomic mass is 10.1. The van der Waals surface area contributed by atoms with Gasteiger partial charge in [0.2, 0.25) is 0 Å². The van der Waals surface area contributed by atoms with Gasteiger partial charge in [-0.25, -0.2) is 4.79 Å². The summed E-state index contributed by atoms with van der Waals surface area (Å²) in [6.07, 6.45) is -6.27. The Morgan fingerprint density at radius 2 is 1.95 bits per heavy atom. The van der Waals surface area contributed by atoms with Crippen LogP contribution in [0.15, 0.2) is 24.3 Å². The van der Waals surface area contributed by atoms with Crippen molar-refractivity contribution < 1.29 is 32.3 Å². The molecule has 0 heterocycles. The monoisotopic (exact) mass is 318 g/mol. The average molecular weight is 318 g/mol. The normalized spacial score (nSPS) is 12.4. The Kier molecular flexibility index (Phi) is 5.50. The molecule has 0 spiro atoms. The van der Waals surface area contributed by atoms with E-state index in [9.17, 15) is 27.6 Å². The molecule has 9 heteroatoms. The largest absolute Gasteiger partial charge is 0.452 e. The number of ether oxygens (including phenoxy) is 1. The van der Waals surface area contributed by atoms with Crippen LogP contribution in [0, 0.1) is 0 Å². The summed E-state index contributed by atoms with van der Waals surface area (Å²) in [4.78, 5) is 33.3. The summed E-state index contributed by atoms with van der Waals surface area (Å²) >= 11 is 0. The third-order valence-electron chi connectivity index (χ3n) is 2.53. The predicted molar refractivity (Wildman–Crippen MR) is 68.4 cm³/mol. The molecule has 0 fully saturated rings. The molecule has 0 aliphatic carbocycles. The van der Waals surface area contributed by atoms with Crippen molar-refractivity contribution in [3.63, 3.8) is 0 Å². The molecule has 0 saturated carbocycles. The van der Waals surface area contributed by atoms with Gasteiger partial charge in [-0.05, 0) is 18.6 Å². The molecule has 3 N–H and O–H groups in total. The van der Waals surface area contributed by atoms with E-state index < -0.39 is 42.2 Å². The average Bonchev–Trinajstić information content (AvgIpc) is 2.36. The van der Waals surface area contributed by atoms with Crippen LogP contribution in [0.3, 0.4) is 0 Å². The summed E-state index contributed by atoms with van der Waals surface area (Å²) in [7, 11) is 0. The lowest BCUT2D eigenvalue weighted by Gasteiger charge is -2.12. The van der Waals surface area contributed by atoms with Crippen LogP contribution in [-0.4, -0.2) is 24.0 Å². The van der Waals surface area contributed by atoms with Crippen LogP contribution in [0.25, 0.3) is 0 Å². The van der Waals surface area contributed by atoms with E-state index in [2.05, 4.69) is 0 Å². The van der Waals surface area contributed by atoms with Crippen molar-refractivity contribution in [2.45, 2.75) is 25.6 Å². The van der Waals surface area contributed by atoms with Crippen LogP contribution in [0.2, 0.25) is 0 Å². The maximum Gasteiger partial charge on any atom is 0.416 e. The number of amides is 3. The number of nitrogens with one attached hydrogen (secondary N) is 1. The Labute approximate surface area is 123 Å². The Balaban J connectivity index is 2.66. The molecular formula is C13H13F3N2O4. The van der Waals surface area contributed by atoms with Crippen LogP contribution in [0.5, 0.6) is 0 Å². The smallest absolute Gasteiger partial charge is 0.416 e. The predicted octanol–water partition coefficient (Wildman–Crippen LogP) is 1.37. The third kappa shape index (κ3) is 5.43. The highest BCUT2D eigenvalue weighted by Gasteiger charge is 2.30. The molecule has 0 bridgehead atoms. The molecule has 1 rings (SSSR count). The molecule has 0 radical (unpaired) electrons. The Bertz CT molecular complexity index is 587. The number of benzene rings is 1. The molecule has 1 atom stereocenters. The van der Waals surface area contributed by atoms with Crippen LogP contribution in [0.1, 0.15) is 18.1 Å². The van der Waals surface area contributed by atoms with Crippen molar-refractivity contribution in [1.29, 1.82) is 0 Å². The number of hydrogen-bond acceptors (Lipinski definition) is 4. The van der Waals surface area contributed by atoms with E-state index in [1.807, 2.05) is 0 Å². The molecule has 22 heavy (non-hydrogen) atoms. The lowest BCUT2D eigenvalue weighted by molar-refractivity contribution is -0.153. The Morgan fingerprint density at radius 3 is 2.50 bits per heavy atom. The molecule has 0 aliphatic rings. The number of imide groups is 1. The van der Waals surface area contributed by atoms with Crippen LogP contribution < -0.4 is 11.1 Å². The van der Waals surface area contributed by atoms with E-state index in [1.54, 1.807) is 5.32 Å². The lowest BCUT2D eigenvalue weighted by Crippen LogP contribution is -2.42. The second kappa shape index (κ2) is 6.92. The second-order valence-electron chi connectivity index (χ2n) is 4.36. The van der Waals surface area contributed by atoms with Crippen LogP contribution in [0.4, 0.5) is 18.0 Å². The molecule has 0 aliphatic heterocycles. The van der Waals surface area contributed by atoms with E-state index in [0.29, 0.717) is 0 Å². The first-order valence-electron chi connectivity index (χ1n) is 6.05. The first-order valence-corrected chi connectivity index (χ1v) is 6.05. The second-order valence-corrected chi connectivity index (χ2v) is 4.36. The van der Waals surface area contributed by atoms with E-state index in [1.165, 1.54) is 13.0 Å². The highest BCUT2D eigenvalue weighted by atomic mass is 19.4. The topological polar surface area (TPSA) is 98.5 Å². The van der Waals surface area contributed by atoms with E-state index in [-0.39, 0.29) is 5.56 Å². The van der Waals surface area contributed by atoms with Crippen LogP contribution in [-0.2, 0) is 26.9 Å². The van der Waals surface area contributed by atoms with Crippen molar-refractivity contribution in [2.75, 3.05) is 0 Å². The number of alkyl halides is 3. The quantitative estimate of drug-likeness (QED) is 0.819. The molecule has 120 valence electrons. The molecule has 3 amide bonds. The Hall–Kier alpha value is -2.58. The summed E-state index contributed by atoms with van der Waals surface area (Å²) < 4.78 is 42.3. The maximum absolute atomic E-state index is 12.5. The fourth-order valence-corrected chi connectivity index (χ4v) is 1.54. The molecular weight excluding hydrogens is 305 g/mol. The number of primary amides is 1. The van der Waals surface area contributed by atoms with Gasteiger partial charge in [0.15, 0.2) is 6.10 Å². The van der Waals surface area contributed by atoms with E-state index in [4.69, 9.17) is 10.5 Å². The van der Waals surface area contributed by atoms with Crippen molar-refractivity contribution in [3.05, 3.63) is 35.4 Å². The highest BCUT2D eigenvalue weighted by molar-refractivity contribution is 5.96. The van der Waals surface area contributed by atoms with Gasteiger partial charge in [-0.3, -0.25) is 14.9 Å². The Morgan fingerprint density at radius 1 is 1.32 bits per heavy atom. The zero-order valence-electron chi connectivity index (χ0n) is 11.4. The van der Waals surface area contributed by atoms with Gasteiger partial charge in [-0.1, -0.05) is 18.2 Å². The summed E-state index contributed by atoms with van der Waals surface area (Å²) in [6.45, 7) is 1.20. The summed E-state index contributed by atoms with van der Waals surface area (Å²) in [6, 6.07) is 3.07. The zero-order chi connectivity index (χ0) is 16.9. The van der Waals surface area contributed by atoms with Gasteiger partial charge in [0, 0.05) is 0 Å². The fraction of sp³-hybridized carbons (Fsp3) is 0.308. The minimum atomic E-state index is -4.52. The van der Waals surface area contributed by atoms with E-state index >= 15 is 0 Å². The van der Waals surface area contributed by atoms with Gasteiger partial charge in [0.25, 0.3) is 5.91 Å². The van der Waals surface area contributed by atoms with Gasteiger partial charge in [0.05, 0.1) is 12.0 Å².